The van der Waals surface area contributed by atoms with Gasteiger partial charge in [0.2, 0.25) is 0 Å². The third kappa shape index (κ3) is 3.63. The Bertz CT molecular complexity index is 406. The molecule has 1 heterocycles. The minimum atomic E-state index is 0.386. The second kappa shape index (κ2) is 6.80. The summed E-state index contributed by atoms with van der Waals surface area (Å²) in [5.41, 5.74) is 1.29. The topological polar surface area (TPSA) is 30.5 Å². The van der Waals surface area contributed by atoms with Crippen LogP contribution >= 0.6 is 0 Å². The molecule has 0 bridgehead atoms. The molecule has 2 rings (SSSR count). The van der Waals surface area contributed by atoms with Crippen LogP contribution in [0.2, 0.25) is 0 Å². The lowest BCUT2D eigenvalue weighted by Gasteiger charge is -2.24. The van der Waals surface area contributed by atoms with Gasteiger partial charge in [-0.1, -0.05) is 32.8 Å². The highest BCUT2D eigenvalue weighted by Crippen LogP contribution is 2.34. The van der Waals surface area contributed by atoms with E-state index in [1.165, 1.54) is 18.4 Å². The van der Waals surface area contributed by atoms with Crippen molar-refractivity contribution in [1.29, 1.82) is 0 Å². The first-order valence-corrected chi connectivity index (χ1v) is 7.31. The zero-order valence-corrected chi connectivity index (χ0v) is 12.2. The Morgan fingerprint density at radius 2 is 1.95 bits per heavy atom. The molecular formula is C16H25NO2. The molecule has 106 valence electrons. The van der Waals surface area contributed by atoms with Crippen molar-refractivity contribution in [3.8, 4) is 11.5 Å². The Labute approximate surface area is 116 Å². The number of hydrogen-bond acceptors (Lipinski definition) is 3. The van der Waals surface area contributed by atoms with E-state index in [-0.39, 0.29) is 0 Å². The van der Waals surface area contributed by atoms with Crippen LogP contribution in [0.4, 0.5) is 0 Å². The van der Waals surface area contributed by atoms with Crippen LogP contribution in [0.3, 0.4) is 0 Å². The Kier molecular flexibility index (Phi) is 5.08. The van der Waals surface area contributed by atoms with Crippen LogP contribution in [0.25, 0.3) is 0 Å². The maximum absolute atomic E-state index is 5.66. The molecule has 0 aliphatic carbocycles. The molecule has 3 heteroatoms. The first-order valence-electron chi connectivity index (χ1n) is 7.31. The molecular weight excluding hydrogens is 238 g/mol. The molecule has 0 fully saturated rings. The van der Waals surface area contributed by atoms with Crippen molar-refractivity contribution in [2.24, 2.45) is 5.92 Å². The van der Waals surface area contributed by atoms with Crippen molar-refractivity contribution in [2.75, 3.05) is 20.3 Å². The van der Waals surface area contributed by atoms with E-state index in [0.29, 0.717) is 19.3 Å². The maximum Gasteiger partial charge on any atom is 0.161 e. The van der Waals surface area contributed by atoms with Gasteiger partial charge in [-0.2, -0.15) is 0 Å². The van der Waals surface area contributed by atoms with Crippen LogP contribution in [-0.4, -0.2) is 20.3 Å². The van der Waals surface area contributed by atoms with Crippen LogP contribution in [0, 0.1) is 5.92 Å². The number of hydrogen-bond donors (Lipinski definition) is 1. The van der Waals surface area contributed by atoms with Crippen LogP contribution in [0.1, 0.15) is 44.7 Å². The molecule has 0 spiro atoms. The van der Waals surface area contributed by atoms with Crippen molar-refractivity contribution in [3.05, 3.63) is 23.8 Å². The van der Waals surface area contributed by atoms with Crippen LogP contribution < -0.4 is 14.8 Å². The summed E-state index contributed by atoms with van der Waals surface area (Å²) in [6.45, 7) is 5.86. The Morgan fingerprint density at radius 3 is 2.63 bits per heavy atom. The molecule has 1 aromatic rings. The van der Waals surface area contributed by atoms with Crippen molar-refractivity contribution in [1.82, 2.24) is 5.32 Å². The Morgan fingerprint density at radius 1 is 1.21 bits per heavy atom. The zero-order valence-electron chi connectivity index (χ0n) is 12.2. The van der Waals surface area contributed by atoms with E-state index in [0.717, 1.165) is 23.8 Å². The molecule has 0 aromatic heterocycles. The lowest BCUT2D eigenvalue weighted by molar-refractivity contribution is 0.171. The Hall–Kier alpha value is -1.22. The lowest BCUT2D eigenvalue weighted by atomic mass is 9.93. The summed E-state index contributed by atoms with van der Waals surface area (Å²) in [4.78, 5) is 0. The number of ether oxygens (including phenoxy) is 2. The summed E-state index contributed by atoms with van der Waals surface area (Å²) in [6, 6.07) is 6.68. The van der Waals surface area contributed by atoms with Gasteiger partial charge in [0.05, 0.1) is 0 Å². The van der Waals surface area contributed by atoms with Gasteiger partial charge in [-0.25, -0.2) is 0 Å². The second-order valence-electron chi connectivity index (χ2n) is 5.37. The number of rotatable bonds is 6. The average Bonchev–Trinajstić information content (AvgIpc) is 2.44. The van der Waals surface area contributed by atoms with Gasteiger partial charge in [-0.3, -0.25) is 0 Å². The van der Waals surface area contributed by atoms with Gasteiger partial charge in [-0.05, 0) is 37.1 Å². The summed E-state index contributed by atoms with van der Waals surface area (Å²) in [7, 11) is 2.03. The van der Waals surface area contributed by atoms with Gasteiger partial charge in [0.1, 0.15) is 13.2 Å². The van der Waals surface area contributed by atoms with Gasteiger partial charge < -0.3 is 14.8 Å². The average molecular weight is 263 g/mol. The monoisotopic (exact) mass is 263 g/mol. The maximum atomic E-state index is 5.66. The first kappa shape index (κ1) is 14.2. The third-order valence-electron chi connectivity index (χ3n) is 3.74. The fraction of sp³-hybridized carbons (Fsp3) is 0.625. The molecule has 1 aliphatic rings. The van der Waals surface area contributed by atoms with E-state index >= 15 is 0 Å². The van der Waals surface area contributed by atoms with E-state index in [4.69, 9.17) is 9.47 Å². The molecule has 0 amide bonds. The molecule has 1 aromatic carbocycles. The summed E-state index contributed by atoms with van der Waals surface area (Å²) < 4.78 is 11.2. The molecule has 3 nitrogen and oxygen atoms in total. The lowest BCUT2D eigenvalue weighted by Crippen LogP contribution is -2.20. The standard InChI is InChI=1S/C16H25NO2/c1-4-5-12(2)10-14(17-3)13-6-7-15-16(11-13)19-9-8-18-15/h6-7,11-12,14,17H,4-5,8-10H2,1-3H3. The van der Waals surface area contributed by atoms with E-state index in [2.05, 4.69) is 31.3 Å². The molecule has 19 heavy (non-hydrogen) atoms. The van der Waals surface area contributed by atoms with Crippen molar-refractivity contribution in [2.45, 2.75) is 39.2 Å². The predicted octanol–water partition coefficient (Wildman–Crippen LogP) is 3.54. The minimum Gasteiger partial charge on any atom is -0.486 e. The minimum absolute atomic E-state index is 0.386. The summed E-state index contributed by atoms with van der Waals surface area (Å²) in [5, 5.41) is 3.42. The molecule has 1 aliphatic heterocycles. The fourth-order valence-electron chi connectivity index (χ4n) is 2.71. The van der Waals surface area contributed by atoms with Gasteiger partial charge in [-0.15, -0.1) is 0 Å². The summed E-state index contributed by atoms with van der Waals surface area (Å²) in [6.07, 6.45) is 3.69. The van der Waals surface area contributed by atoms with Crippen molar-refractivity contribution < 1.29 is 9.47 Å². The SMILES string of the molecule is CCCC(C)CC(NC)c1ccc2c(c1)OCCO2. The normalized spacial score (nSPS) is 17.0. The highest BCUT2D eigenvalue weighted by atomic mass is 16.6. The van der Waals surface area contributed by atoms with Gasteiger partial charge in [0, 0.05) is 6.04 Å². The van der Waals surface area contributed by atoms with Gasteiger partial charge in [0.25, 0.3) is 0 Å². The van der Waals surface area contributed by atoms with E-state index in [9.17, 15) is 0 Å². The molecule has 2 atom stereocenters. The molecule has 0 saturated carbocycles. The van der Waals surface area contributed by atoms with E-state index < -0.39 is 0 Å². The highest BCUT2D eigenvalue weighted by molar-refractivity contribution is 5.44. The number of nitrogens with one attached hydrogen (secondary N) is 1. The van der Waals surface area contributed by atoms with E-state index in [1.54, 1.807) is 0 Å². The van der Waals surface area contributed by atoms with Gasteiger partial charge in [0.15, 0.2) is 11.5 Å². The zero-order chi connectivity index (χ0) is 13.7. The van der Waals surface area contributed by atoms with E-state index in [1.807, 2.05) is 13.1 Å². The quantitative estimate of drug-likeness (QED) is 0.851. The van der Waals surface area contributed by atoms with Crippen LogP contribution in [0.5, 0.6) is 11.5 Å². The van der Waals surface area contributed by atoms with Crippen LogP contribution in [-0.2, 0) is 0 Å². The third-order valence-corrected chi connectivity index (χ3v) is 3.74. The fourth-order valence-corrected chi connectivity index (χ4v) is 2.71. The van der Waals surface area contributed by atoms with Crippen molar-refractivity contribution in [3.63, 3.8) is 0 Å². The first-order chi connectivity index (χ1) is 9.24. The highest BCUT2D eigenvalue weighted by Gasteiger charge is 2.17. The van der Waals surface area contributed by atoms with Crippen molar-refractivity contribution >= 4 is 0 Å². The summed E-state index contributed by atoms with van der Waals surface area (Å²) >= 11 is 0. The predicted molar refractivity (Wildman–Crippen MR) is 77.9 cm³/mol. The molecule has 1 N–H and O–H groups in total. The van der Waals surface area contributed by atoms with Crippen LogP contribution in [0.15, 0.2) is 18.2 Å². The second-order valence-corrected chi connectivity index (χ2v) is 5.37. The smallest absolute Gasteiger partial charge is 0.161 e. The largest absolute Gasteiger partial charge is 0.486 e. The molecule has 0 radical (unpaired) electrons. The molecule has 2 unspecified atom stereocenters. The number of benzene rings is 1. The Balaban J connectivity index is 2.09. The number of fused-ring (bicyclic) bond motifs is 1. The van der Waals surface area contributed by atoms with Gasteiger partial charge >= 0.3 is 0 Å². The summed E-state index contributed by atoms with van der Waals surface area (Å²) in [5.74, 6) is 2.48. The molecule has 0 saturated heterocycles.